The van der Waals surface area contributed by atoms with Crippen LogP contribution in [-0.4, -0.2) is 37.6 Å². The molecule has 1 saturated heterocycles. The van der Waals surface area contributed by atoms with E-state index >= 15 is 0 Å². The lowest BCUT2D eigenvalue weighted by Gasteiger charge is -2.43. The van der Waals surface area contributed by atoms with E-state index in [2.05, 4.69) is 24.1 Å². The highest BCUT2D eigenvalue weighted by molar-refractivity contribution is 4.89. The molecular weight excluding hydrogens is 232 g/mol. The molecule has 2 heteroatoms. The second-order valence-electron chi connectivity index (χ2n) is 6.97. The number of piperidine rings is 1. The summed E-state index contributed by atoms with van der Waals surface area (Å²) in [4.78, 5) is 2.77. The zero-order valence-electron chi connectivity index (χ0n) is 13.2. The number of hydrogen-bond donors (Lipinski definition) is 1. The van der Waals surface area contributed by atoms with Crippen LogP contribution in [0.3, 0.4) is 0 Å². The van der Waals surface area contributed by atoms with Crippen LogP contribution in [0.5, 0.6) is 0 Å². The van der Waals surface area contributed by atoms with Crippen molar-refractivity contribution < 1.29 is 0 Å². The van der Waals surface area contributed by atoms with E-state index in [1.54, 1.807) is 0 Å². The van der Waals surface area contributed by atoms with Crippen LogP contribution in [0.15, 0.2) is 0 Å². The van der Waals surface area contributed by atoms with Crippen molar-refractivity contribution in [3.63, 3.8) is 0 Å². The van der Waals surface area contributed by atoms with Crippen LogP contribution < -0.4 is 5.32 Å². The quantitative estimate of drug-likeness (QED) is 0.789. The minimum Gasteiger partial charge on any atom is -0.316 e. The Morgan fingerprint density at radius 3 is 2.32 bits per heavy atom. The van der Waals surface area contributed by atoms with Crippen LogP contribution in [0.1, 0.15) is 65.2 Å². The fraction of sp³-hybridized carbons (Fsp3) is 1.00. The SMILES string of the molecule is CCNCC1(CN2CCC(CC)CC2)CCCCC1. The molecule has 0 aromatic carbocycles. The first kappa shape index (κ1) is 15.3. The normalized spacial score (nSPS) is 25.6. The molecular formula is C17H34N2. The highest BCUT2D eigenvalue weighted by Gasteiger charge is 2.34. The molecule has 19 heavy (non-hydrogen) atoms. The van der Waals surface area contributed by atoms with E-state index in [0.717, 1.165) is 12.5 Å². The van der Waals surface area contributed by atoms with Gasteiger partial charge in [0.15, 0.2) is 0 Å². The van der Waals surface area contributed by atoms with Gasteiger partial charge < -0.3 is 10.2 Å². The van der Waals surface area contributed by atoms with Gasteiger partial charge in [0.2, 0.25) is 0 Å². The van der Waals surface area contributed by atoms with Crippen molar-refractivity contribution in [3.8, 4) is 0 Å². The molecule has 0 aromatic rings. The van der Waals surface area contributed by atoms with Crippen molar-refractivity contribution in [1.82, 2.24) is 10.2 Å². The average Bonchev–Trinajstić information content (AvgIpc) is 2.47. The Bertz CT molecular complexity index is 238. The second-order valence-corrected chi connectivity index (χ2v) is 6.97. The Morgan fingerprint density at radius 2 is 1.74 bits per heavy atom. The Hall–Kier alpha value is -0.0800. The third-order valence-electron chi connectivity index (χ3n) is 5.51. The molecule has 2 aliphatic rings. The molecule has 0 aromatic heterocycles. The smallest absolute Gasteiger partial charge is 0.00501 e. The average molecular weight is 266 g/mol. The number of rotatable bonds is 6. The number of nitrogens with one attached hydrogen (secondary N) is 1. The van der Waals surface area contributed by atoms with Crippen molar-refractivity contribution in [3.05, 3.63) is 0 Å². The highest BCUT2D eigenvalue weighted by atomic mass is 15.1. The molecule has 0 bridgehead atoms. The molecule has 0 atom stereocenters. The van der Waals surface area contributed by atoms with Gasteiger partial charge in [-0.1, -0.05) is 39.5 Å². The molecule has 112 valence electrons. The summed E-state index contributed by atoms with van der Waals surface area (Å²) in [5.74, 6) is 1.01. The van der Waals surface area contributed by atoms with Gasteiger partial charge in [-0.15, -0.1) is 0 Å². The van der Waals surface area contributed by atoms with E-state index in [0.29, 0.717) is 5.41 Å². The molecule has 0 spiro atoms. The maximum absolute atomic E-state index is 3.64. The second kappa shape index (κ2) is 7.64. The van der Waals surface area contributed by atoms with Crippen molar-refractivity contribution in [1.29, 1.82) is 0 Å². The van der Waals surface area contributed by atoms with Gasteiger partial charge in [-0.25, -0.2) is 0 Å². The summed E-state index contributed by atoms with van der Waals surface area (Å²) in [5.41, 5.74) is 0.591. The topological polar surface area (TPSA) is 15.3 Å². The van der Waals surface area contributed by atoms with Gasteiger partial charge in [0.25, 0.3) is 0 Å². The minimum absolute atomic E-state index is 0.591. The van der Waals surface area contributed by atoms with E-state index in [1.165, 1.54) is 77.5 Å². The van der Waals surface area contributed by atoms with E-state index in [1.807, 2.05) is 0 Å². The number of likely N-dealkylation sites (tertiary alicyclic amines) is 1. The predicted molar refractivity (Wildman–Crippen MR) is 83.5 cm³/mol. The molecule has 0 unspecified atom stereocenters. The summed E-state index contributed by atoms with van der Waals surface area (Å²) in [6, 6.07) is 0. The van der Waals surface area contributed by atoms with E-state index < -0.39 is 0 Å². The Balaban J connectivity index is 1.85. The highest BCUT2D eigenvalue weighted by Crippen LogP contribution is 2.37. The Labute approximate surface area is 120 Å². The first-order valence-corrected chi connectivity index (χ1v) is 8.71. The summed E-state index contributed by atoms with van der Waals surface area (Å²) in [7, 11) is 0. The molecule has 2 nitrogen and oxygen atoms in total. The zero-order chi connectivity index (χ0) is 13.6. The van der Waals surface area contributed by atoms with Crippen LogP contribution in [0.4, 0.5) is 0 Å². The third-order valence-corrected chi connectivity index (χ3v) is 5.51. The summed E-state index contributed by atoms with van der Waals surface area (Å²) in [6.07, 6.45) is 11.5. The van der Waals surface area contributed by atoms with Crippen molar-refractivity contribution in [2.24, 2.45) is 11.3 Å². The summed E-state index contributed by atoms with van der Waals surface area (Å²) in [5, 5.41) is 3.64. The van der Waals surface area contributed by atoms with Gasteiger partial charge in [0.1, 0.15) is 0 Å². The van der Waals surface area contributed by atoms with Gasteiger partial charge in [0, 0.05) is 13.1 Å². The largest absolute Gasteiger partial charge is 0.316 e. The van der Waals surface area contributed by atoms with E-state index in [9.17, 15) is 0 Å². The molecule has 1 heterocycles. The van der Waals surface area contributed by atoms with Crippen LogP contribution in [0, 0.1) is 11.3 Å². The Morgan fingerprint density at radius 1 is 1.05 bits per heavy atom. The molecule has 1 aliphatic heterocycles. The van der Waals surface area contributed by atoms with Gasteiger partial charge in [-0.3, -0.25) is 0 Å². The van der Waals surface area contributed by atoms with Gasteiger partial charge in [0.05, 0.1) is 0 Å². The van der Waals surface area contributed by atoms with Crippen molar-refractivity contribution >= 4 is 0 Å². The maximum atomic E-state index is 3.64. The monoisotopic (exact) mass is 266 g/mol. The molecule has 2 fully saturated rings. The van der Waals surface area contributed by atoms with Crippen LogP contribution in [-0.2, 0) is 0 Å². The summed E-state index contributed by atoms with van der Waals surface area (Å²) < 4.78 is 0. The fourth-order valence-electron chi connectivity index (χ4n) is 4.11. The fourth-order valence-corrected chi connectivity index (χ4v) is 4.11. The van der Waals surface area contributed by atoms with Gasteiger partial charge >= 0.3 is 0 Å². The Kier molecular flexibility index (Phi) is 6.15. The van der Waals surface area contributed by atoms with Gasteiger partial charge in [-0.05, 0) is 56.7 Å². The number of hydrogen-bond acceptors (Lipinski definition) is 2. The first-order valence-electron chi connectivity index (χ1n) is 8.71. The molecule has 1 N–H and O–H groups in total. The molecule has 0 amide bonds. The van der Waals surface area contributed by atoms with Crippen LogP contribution in [0.2, 0.25) is 0 Å². The van der Waals surface area contributed by atoms with Crippen LogP contribution >= 0.6 is 0 Å². The lowest BCUT2D eigenvalue weighted by Crippen LogP contribution is -2.47. The molecule has 2 rings (SSSR count). The lowest BCUT2D eigenvalue weighted by molar-refractivity contribution is 0.0776. The number of nitrogens with zero attached hydrogens (tertiary/aromatic N) is 1. The molecule has 1 aliphatic carbocycles. The van der Waals surface area contributed by atoms with E-state index in [-0.39, 0.29) is 0 Å². The molecule has 0 radical (unpaired) electrons. The molecule has 1 saturated carbocycles. The summed E-state index contributed by atoms with van der Waals surface area (Å²) >= 11 is 0. The van der Waals surface area contributed by atoms with Crippen molar-refractivity contribution in [2.75, 3.05) is 32.7 Å². The third kappa shape index (κ3) is 4.46. The van der Waals surface area contributed by atoms with Crippen molar-refractivity contribution in [2.45, 2.75) is 65.2 Å². The summed E-state index contributed by atoms with van der Waals surface area (Å²) in [6.45, 7) is 11.0. The minimum atomic E-state index is 0.591. The lowest BCUT2D eigenvalue weighted by atomic mass is 9.73. The van der Waals surface area contributed by atoms with Gasteiger partial charge in [-0.2, -0.15) is 0 Å². The van der Waals surface area contributed by atoms with Crippen LogP contribution in [0.25, 0.3) is 0 Å². The standard InChI is InChI=1S/C17H34N2/c1-3-16-8-12-19(13-9-16)15-17(14-18-4-2)10-6-5-7-11-17/h16,18H,3-15H2,1-2H3. The zero-order valence-corrected chi connectivity index (χ0v) is 13.2. The maximum Gasteiger partial charge on any atom is 0.00501 e. The first-order chi connectivity index (χ1) is 9.28. The van der Waals surface area contributed by atoms with E-state index in [4.69, 9.17) is 0 Å². The predicted octanol–water partition coefficient (Wildman–Crippen LogP) is 3.67.